The van der Waals surface area contributed by atoms with E-state index in [1.807, 2.05) is 73.7 Å². The van der Waals surface area contributed by atoms with Crippen molar-refractivity contribution >= 4 is 34.1 Å². The number of nitriles is 1. The quantitative estimate of drug-likeness (QED) is 0.255. The standard InChI is InChI=1S/C30H27ClN4O2/c1-19-22(17-21-8-4-5-9-24(21)31)29(33-15-14-20-12-13-27(36-2)28(16-20)37-3)35-26-11-7-6-10-25(26)34-30(35)23(19)18-32/h4-13,16,33H,14-15,17H2,1-3H3. The number of methoxy groups -OCH3 is 2. The molecule has 186 valence electrons. The first kappa shape index (κ1) is 24.5. The Labute approximate surface area is 221 Å². The molecule has 0 fully saturated rings. The van der Waals surface area contributed by atoms with Gasteiger partial charge in [-0.05, 0) is 60.4 Å². The van der Waals surface area contributed by atoms with Crippen molar-refractivity contribution in [1.82, 2.24) is 9.38 Å². The molecule has 0 radical (unpaired) electrons. The maximum absolute atomic E-state index is 10.1. The van der Waals surface area contributed by atoms with Crippen LogP contribution in [0.25, 0.3) is 16.7 Å². The second kappa shape index (κ2) is 10.4. The predicted octanol–water partition coefficient (Wildman–Crippen LogP) is 6.58. The Hall–Kier alpha value is -4.21. The van der Waals surface area contributed by atoms with Crippen LogP contribution in [0.3, 0.4) is 0 Å². The van der Waals surface area contributed by atoms with E-state index in [-0.39, 0.29) is 0 Å². The summed E-state index contributed by atoms with van der Waals surface area (Å²) in [4.78, 5) is 4.83. The molecule has 37 heavy (non-hydrogen) atoms. The molecular formula is C30H27ClN4O2. The van der Waals surface area contributed by atoms with Crippen LogP contribution in [0.5, 0.6) is 11.5 Å². The van der Waals surface area contributed by atoms with Crippen LogP contribution in [0.1, 0.15) is 27.8 Å². The summed E-state index contributed by atoms with van der Waals surface area (Å²) in [6, 6.07) is 24.1. The number of fused-ring (bicyclic) bond motifs is 3. The molecule has 0 unspecified atom stereocenters. The van der Waals surface area contributed by atoms with Gasteiger partial charge in [0.1, 0.15) is 11.9 Å². The minimum atomic E-state index is 0.573. The molecule has 5 rings (SSSR count). The number of ether oxygens (including phenoxy) is 2. The zero-order chi connectivity index (χ0) is 25.9. The van der Waals surface area contributed by atoms with Gasteiger partial charge < -0.3 is 14.8 Å². The van der Waals surface area contributed by atoms with Crippen LogP contribution >= 0.6 is 11.6 Å². The van der Waals surface area contributed by atoms with Crippen molar-refractivity contribution in [1.29, 1.82) is 5.26 Å². The van der Waals surface area contributed by atoms with E-state index in [1.54, 1.807) is 14.2 Å². The molecule has 0 amide bonds. The van der Waals surface area contributed by atoms with Gasteiger partial charge in [-0.1, -0.05) is 48.0 Å². The summed E-state index contributed by atoms with van der Waals surface area (Å²) in [7, 11) is 3.27. The number of halogens is 1. The number of para-hydroxylation sites is 2. The molecule has 7 heteroatoms. The molecule has 0 saturated carbocycles. The average molecular weight is 511 g/mol. The summed E-state index contributed by atoms with van der Waals surface area (Å²) < 4.78 is 12.9. The van der Waals surface area contributed by atoms with Crippen molar-refractivity contribution in [2.24, 2.45) is 0 Å². The lowest BCUT2D eigenvalue weighted by Crippen LogP contribution is -2.14. The maximum Gasteiger partial charge on any atom is 0.160 e. The first-order valence-electron chi connectivity index (χ1n) is 12.1. The number of imidazole rings is 1. The maximum atomic E-state index is 10.1. The van der Waals surface area contributed by atoms with Gasteiger partial charge in [-0.15, -0.1) is 0 Å². The van der Waals surface area contributed by atoms with Gasteiger partial charge in [0.2, 0.25) is 0 Å². The van der Waals surface area contributed by atoms with E-state index in [9.17, 15) is 5.26 Å². The molecular weight excluding hydrogens is 484 g/mol. The number of anilines is 1. The van der Waals surface area contributed by atoms with Crippen LogP contribution in [0, 0.1) is 18.3 Å². The Morgan fingerprint density at radius 2 is 1.76 bits per heavy atom. The van der Waals surface area contributed by atoms with Gasteiger partial charge in [-0.2, -0.15) is 5.26 Å². The summed E-state index contributed by atoms with van der Waals surface area (Å²) in [5, 5.41) is 14.5. The Morgan fingerprint density at radius 1 is 1.00 bits per heavy atom. The molecule has 2 aromatic heterocycles. The lowest BCUT2D eigenvalue weighted by Gasteiger charge is -2.19. The monoisotopic (exact) mass is 510 g/mol. The molecule has 0 bridgehead atoms. The van der Waals surface area contributed by atoms with Gasteiger partial charge in [-0.3, -0.25) is 4.40 Å². The lowest BCUT2D eigenvalue weighted by atomic mass is 9.97. The van der Waals surface area contributed by atoms with Crippen LogP contribution in [0.2, 0.25) is 5.02 Å². The number of nitrogens with one attached hydrogen (secondary N) is 1. The van der Waals surface area contributed by atoms with Crippen molar-refractivity contribution in [3.63, 3.8) is 0 Å². The minimum Gasteiger partial charge on any atom is -0.493 e. The van der Waals surface area contributed by atoms with Gasteiger partial charge in [0.05, 0.1) is 30.8 Å². The summed E-state index contributed by atoms with van der Waals surface area (Å²) in [6.45, 7) is 2.65. The Bertz CT molecular complexity index is 1650. The van der Waals surface area contributed by atoms with Crippen molar-refractivity contribution in [3.05, 3.63) is 99.6 Å². The summed E-state index contributed by atoms with van der Waals surface area (Å²) in [6.07, 6.45) is 1.35. The second-order valence-electron chi connectivity index (χ2n) is 8.83. The van der Waals surface area contributed by atoms with E-state index in [2.05, 4.69) is 15.8 Å². The average Bonchev–Trinajstić information content (AvgIpc) is 3.30. The zero-order valence-corrected chi connectivity index (χ0v) is 21.8. The number of aromatic nitrogens is 2. The van der Waals surface area contributed by atoms with E-state index in [1.165, 1.54) is 0 Å². The van der Waals surface area contributed by atoms with Crippen molar-refractivity contribution in [3.8, 4) is 17.6 Å². The molecule has 0 aliphatic carbocycles. The fourth-order valence-corrected chi connectivity index (χ4v) is 4.98. The smallest absolute Gasteiger partial charge is 0.160 e. The summed E-state index contributed by atoms with van der Waals surface area (Å²) >= 11 is 6.56. The highest BCUT2D eigenvalue weighted by Crippen LogP contribution is 2.34. The largest absolute Gasteiger partial charge is 0.493 e. The molecule has 0 aliphatic heterocycles. The van der Waals surface area contributed by atoms with E-state index >= 15 is 0 Å². The number of rotatable bonds is 8. The van der Waals surface area contributed by atoms with Crippen LogP contribution in [0.15, 0.2) is 66.7 Å². The first-order chi connectivity index (χ1) is 18.0. The van der Waals surface area contributed by atoms with Crippen LogP contribution < -0.4 is 14.8 Å². The molecule has 5 aromatic rings. The Morgan fingerprint density at radius 3 is 2.51 bits per heavy atom. The fraction of sp³-hybridized carbons (Fsp3) is 0.200. The molecule has 1 N–H and O–H groups in total. The number of pyridine rings is 1. The molecule has 0 aliphatic rings. The third kappa shape index (κ3) is 4.54. The Balaban J connectivity index is 1.61. The van der Waals surface area contributed by atoms with Crippen molar-refractivity contribution < 1.29 is 9.47 Å². The number of hydrogen-bond acceptors (Lipinski definition) is 5. The highest BCUT2D eigenvalue weighted by Gasteiger charge is 2.21. The SMILES string of the molecule is COc1ccc(CCNc2c(Cc3ccccc3Cl)c(C)c(C#N)c3nc4ccccc4n23)cc1OC. The van der Waals surface area contributed by atoms with Crippen LogP contribution in [0.4, 0.5) is 5.82 Å². The lowest BCUT2D eigenvalue weighted by molar-refractivity contribution is 0.354. The number of hydrogen-bond donors (Lipinski definition) is 1. The first-order valence-corrected chi connectivity index (χ1v) is 12.4. The molecule has 6 nitrogen and oxygen atoms in total. The van der Waals surface area contributed by atoms with Crippen molar-refractivity contribution in [2.45, 2.75) is 19.8 Å². The van der Waals surface area contributed by atoms with Gasteiger partial charge >= 0.3 is 0 Å². The molecule has 3 aromatic carbocycles. The second-order valence-corrected chi connectivity index (χ2v) is 9.24. The zero-order valence-electron chi connectivity index (χ0n) is 21.0. The van der Waals surface area contributed by atoms with Gasteiger partial charge in [0.15, 0.2) is 17.1 Å². The normalized spacial score (nSPS) is 11.0. The minimum absolute atomic E-state index is 0.573. The summed E-state index contributed by atoms with van der Waals surface area (Å²) in [5.74, 6) is 2.33. The molecule has 0 atom stereocenters. The third-order valence-electron chi connectivity index (χ3n) is 6.71. The van der Waals surface area contributed by atoms with Crippen LogP contribution in [-0.2, 0) is 12.8 Å². The van der Waals surface area contributed by atoms with Gasteiger partial charge in [0, 0.05) is 23.6 Å². The van der Waals surface area contributed by atoms with Gasteiger partial charge in [-0.25, -0.2) is 4.98 Å². The topological polar surface area (TPSA) is 71.6 Å². The Kier molecular flexibility index (Phi) is 6.89. The van der Waals surface area contributed by atoms with Crippen LogP contribution in [-0.4, -0.2) is 30.1 Å². The molecule has 2 heterocycles. The van der Waals surface area contributed by atoms with E-state index in [0.717, 1.165) is 45.5 Å². The van der Waals surface area contributed by atoms with Crippen molar-refractivity contribution in [2.75, 3.05) is 26.1 Å². The fourth-order valence-electron chi connectivity index (χ4n) is 4.78. The van der Waals surface area contributed by atoms with E-state index in [4.69, 9.17) is 26.1 Å². The number of benzene rings is 3. The highest BCUT2D eigenvalue weighted by atomic mass is 35.5. The van der Waals surface area contributed by atoms with E-state index in [0.29, 0.717) is 40.7 Å². The summed E-state index contributed by atoms with van der Waals surface area (Å²) in [5.41, 5.74) is 7.06. The van der Waals surface area contributed by atoms with E-state index < -0.39 is 0 Å². The molecule has 0 saturated heterocycles. The van der Waals surface area contributed by atoms with Gasteiger partial charge in [0.25, 0.3) is 0 Å². The highest BCUT2D eigenvalue weighted by molar-refractivity contribution is 6.31. The predicted molar refractivity (Wildman–Crippen MR) is 148 cm³/mol. The molecule has 0 spiro atoms. The number of nitrogens with zero attached hydrogens (tertiary/aromatic N) is 3. The third-order valence-corrected chi connectivity index (χ3v) is 7.08.